The fourth-order valence-electron chi connectivity index (χ4n) is 1.72. The molecule has 1 fully saturated rings. The lowest BCUT2D eigenvalue weighted by molar-refractivity contribution is 0.0594. The number of carbonyl (C=O) groups excluding carboxylic acids is 1. The third-order valence-corrected chi connectivity index (χ3v) is 3.83. The van der Waals surface area contributed by atoms with Crippen molar-refractivity contribution in [2.24, 2.45) is 0 Å². The van der Waals surface area contributed by atoms with E-state index >= 15 is 0 Å². The molecule has 0 bridgehead atoms. The maximum absolute atomic E-state index is 11.2. The van der Waals surface area contributed by atoms with Gasteiger partial charge in [0.05, 0.1) is 7.11 Å². The Labute approximate surface area is 99.1 Å². The average Bonchev–Trinajstić information content (AvgIpc) is 2.96. The van der Waals surface area contributed by atoms with Crippen molar-refractivity contribution < 1.29 is 9.53 Å². The average molecular weight is 240 g/mol. The Morgan fingerprint density at radius 2 is 2.56 bits per heavy atom. The Morgan fingerprint density at radius 1 is 1.69 bits per heavy atom. The molecule has 0 aliphatic carbocycles. The van der Waals surface area contributed by atoms with Gasteiger partial charge in [0.25, 0.3) is 0 Å². The summed E-state index contributed by atoms with van der Waals surface area (Å²) in [4.78, 5) is 14.3. The summed E-state index contributed by atoms with van der Waals surface area (Å²) in [6.07, 6.45) is 1.23. The molecular formula is C11H16N2O2S. The number of ether oxygens (including phenoxy) is 1. The second-order valence-corrected chi connectivity index (χ2v) is 4.98. The number of aromatic nitrogens is 1. The Balaban J connectivity index is 1.85. The van der Waals surface area contributed by atoms with Crippen LogP contribution in [0.25, 0.3) is 0 Å². The van der Waals surface area contributed by atoms with E-state index in [9.17, 15) is 4.79 Å². The molecule has 1 unspecified atom stereocenters. The summed E-state index contributed by atoms with van der Waals surface area (Å²) >= 11 is 1.98. The summed E-state index contributed by atoms with van der Waals surface area (Å²) in [7, 11) is 1.39. The highest BCUT2D eigenvalue weighted by Gasteiger charge is 2.15. The van der Waals surface area contributed by atoms with Gasteiger partial charge in [0.2, 0.25) is 0 Å². The van der Waals surface area contributed by atoms with Crippen molar-refractivity contribution in [1.82, 2.24) is 10.3 Å². The van der Waals surface area contributed by atoms with Crippen LogP contribution in [0.3, 0.4) is 0 Å². The summed E-state index contributed by atoms with van der Waals surface area (Å²) in [6, 6.07) is 4.28. The van der Waals surface area contributed by atoms with Gasteiger partial charge in [-0.2, -0.15) is 11.8 Å². The highest BCUT2D eigenvalue weighted by Crippen LogP contribution is 2.17. The first kappa shape index (κ1) is 11.5. The number of H-pyrrole nitrogens is 1. The van der Waals surface area contributed by atoms with Gasteiger partial charge in [0.15, 0.2) is 0 Å². The van der Waals surface area contributed by atoms with Gasteiger partial charge in [-0.15, -0.1) is 0 Å². The van der Waals surface area contributed by atoms with E-state index in [0.717, 1.165) is 12.2 Å². The minimum atomic E-state index is -0.317. The number of hydrogen-bond acceptors (Lipinski definition) is 4. The molecule has 0 spiro atoms. The van der Waals surface area contributed by atoms with Crippen LogP contribution in [0.5, 0.6) is 0 Å². The zero-order chi connectivity index (χ0) is 11.4. The Morgan fingerprint density at radius 3 is 3.25 bits per heavy atom. The van der Waals surface area contributed by atoms with E-state index in [0.29, 0.717) is 11.7 Å². The fourth-order valence-corrected chi connectivity index (χ4v) is 2.91. The van der Waals surface area contributed by atoms with Gasteiger partial charge in [0.1, 0.15) is 5.69 Å². The van der Waals surface area contributed by atoms with Gasteiger partial charge in [-0.3, -0.25) is 0 Å². The number of thioether (sulfide) groups is 1. The van der Waals surface area contributed by atoms with E-state index in [4.69, 9.17) is 0 Å². The van der Waals surface area contributed by atoms with Gasteiger partial charge in [-0.1, -0.05) is 0 Å². The maximum atomic E-state index is 11.2. The second kappa shape index (κ2) is 5.41. The number of aromatic amines is 1. The number of hydrogen-bond donors (Lipinski definition) is 2. The minimum absolute atomic E-state index is 0.317. The van der Waals surface area contributed by atoms with Gasteiger partial charge in [0, 0.05) is 24.0 Å². The van der Waals surface area contributed by atoms with Crippen LogP contribution in [0.2, 0.25) is 0 Å². The van der Waals surface area contributed by atoms with E-state index in [1.54, 1.807) is 6.07 Å². The molecule has 2 rings (SSSR count). The fraction of sp³-hybridized carbons (Fsp3) is 0.545. The first-order valence-electron chi connectivity index (χ1n) is 5.37. The lowest BCUT2D eigenvalue weighted by Crippen LogP contribution is -2.28. The summed E-state index contributed by atoms with van der Waals surface area (Å²) < 4.78 is 4.63. The molecule has 16 heavy (non-hydrogen) atoms. The molecule has 0 saturated carbocycles. The highest BCUT2D eigenvalue weighted by atomic mass is 32.2. The lowest BCUT2D eigenvalue weighted by atomic mass is 10.2. The van der Waals surface area contributed by atoms with Crippen LogP contribution in [0.15, 0.2) is 12.1 Å². The smallest absolute Gasteiger partial charge is 0.354 e. The lowest BCUT2D eigenvalue weighted by Gasteiger charge is -2.09. The van der Waals surface area contributed by atoms with Crippen LogP contribution in [0.4, 0.5) is 0 Å². The standard InChI is InChI=1S/C11H16N2O2S/c1-15-11(14)10-3-2-8(13-10)6-12-9-4-5-16-7-9/h2-3,9,12-13H,4-7H2,1H3. The van der Waals surface area contributed by atoms with Crippen molar-refractivity contribution in [3.63, 3.8) is 0 Å². The predicted molar refractivity (Wildman–Crippen MR) is 64.7 cm³/mol. The van der Waals surface area contributed by atoms with Crippen molar-refractivity contribution in [2.75, 3.05) is 18.6 Å². The number of rotatable bonds is 4. The van der Waals surface area contributed by atoms with Crippen molar-refractivity contribution >= 4 is 17.7 Å². The Hall–Kier alpha value is -0.940. The number of methoxy groups -OCH3 is 1. The molecule has 1 aliphatic heterocycles. The largest absolute Gasteiger partial charge is 0.464 e. The summed E-state index contributed by atoms with van der Waals surface area (Å²) in [5.41, 5.74) is 1.54. The first-order chi connectivity index (χ1) is 7.79. The van der Waals surface area contributed by atoms with E-state index in [1.807, 2.05) is 17.8 Å². The molecule has 4 nitrogen and oxygen atoms in total. The molecule has 2 N–H and O–H groups in total. The quantitative estimate of drug-likeness (QED) is 0.781. The van der Waals surface area contributed by atoms with Crippen LogP contribution in [-0.2, 0) is 11.3 Å². The number of carbonyl (C=O) groups is 1. The highest BCUT2D eigenvalue weighted by molar-refractivity contribution is 7.99. The molecule has 88 valence electrons. The second-order valence-electron chi connectivity index (χ2n) is 3.83. The molecule has 0 radical (unpaired) electrons. The van der Waals surface area contributed by atoms with Crippen LogP contribution >= 0.6 is 11.8 Å². The molecule has 1 atom stereocenters. The summed E-state index contributed by atoms with van der Waals surface area (Å²) in [5.74, 6) is 2.11. The zero-order valence-corrected chi connectivity index (χ0v) is 10.1. The van der Waals surface area contributed by atoms with Crippen LogP contribution in [0, 0.1) is 0 Å². The maximum Gasteiger partial charge on any atom is 0.354 e. The van der Waals surface area contributed by atoms with E-state index < -0.39 is 0 Å². The van der Waals surface area contributed by atoms with Crippen molar-refractivity contribution in [3.8, 4) is 0 Å². The molecule has 1 aromatic rings. The molecule has 0 amide bonds. The minimum Gasteiger partial charge on any atom is -0.464 e. The van der Waals surface area contributed by atoms with Gasteiger partial charge in [-0.25, -0.2) is 4.79 Å². The normalized spacial score (nSPS) is 19.9. The third kappa shape index (κ3) is 2.80. The SMILES string of the molecule is COC(=O)c1ccc(CNC2CCSC2)[nH]1. The topological polar surface area (TPSA) is 54.1 Å². The van der Waals surface area contributed by atoms with E-state index in [-0.39, 0.29) is 5.97 Å². The Kier molecular flexibility index (Phi) is 3.90. The first-order valence-corrected chi connectivity index (χ1v) is 6.52. The van der Waals surface area contributed by atoms with Crippen LogP contribution < -0.4 is 5.32 Å². The zero-order valence-electron chi connectivity index (χ0n) is 9.29. The monoisotopic (exact) mass is 240 g/mol. The van der Waals surface area contributed by atoms with Crippen LogP contribution in [-0.4, -0.2) is 35.6 Å². The molecule has 1 aliphatic rings. The molecule has 1 aromatic heterocycles. The van der Waals surface area contributed by atoms with Crippen LogP contribution in [0.1, 0.15) is 22.6 Å². The predicted octanol–water partition coefficient (Wildman–Crippen LogP) is 1.40. The Bertz CT molecular complexity index is 359. The molecule has 0 aromatic carbocycles. The third-order valence-electron chi connectivity index (χ3n) is 2.66. The van der Waals surface area contributed by atoms with E-state index in [2.05, 4.69) is 15.0 Å². The van der Waals surface area contributed by atoms with Crippen molar-refractivity contribution in [3.05, 3.63) is 23.5 Å². The number of nitrogens with one attached hydrogen (secondary N) is 2. The molecule has 1 saturated heterocycles. The molecule has 2 heterocycles. The summed E-state index contributed by atoms with van der Waals surface area (Å²) in [5, 5.41) is 3.46. The van der Waals surface area contributed by atoms with E-state index in [1.165, 1.54) is 25.0 Å². The molecule has 5 heteroatoms. The van der Waals surface area contributed by atoms with Gasteiger partial charge >= 0.3 is 5.97 Å². The van der Waals surface area contributed by atoms with Gasteiger partial charge in [-0.05, 0) is 24.3 Å². The van der Waals surface area contributed by atoms with Gasteiger partial charge < -0.3 is 15.0 Å². The van der Waals surface area contributed by atoms with Crippen molar-refractivity contribution in [1.29, 1.82) is 0 Å². The number of esters is 1. The summed E-state index contributed by atoms with van der Waals surface area (Å²) in [6.45, 7) is 0.780. The van der Waals surface area contributed by atoms with Crippen molar-refractivity contribution in [2.45, 2.75) is 19.0 Å². The molecular weight excluding hydrogens is 224 g/mol.